The van der Waals surface area contributed by atoms with Gasteiger partial charge in [-0.05, 0) is 49.2 Å². The summed E-state index contributed by atoms with van der Waals surface area (Å²) in [6.07, 6.45) is 10.9. The summed E-state index contributed by atoms with van der Waals surface area (Å²) >= 11 is 0. The Labute approximate surface area is 192 Å². The Morgan fingerprint density at radius 1 is 0.938 bits per heavy atom. The van der Waals surface area contributed by atoms with Crippen molar-refractivity contribution in [3.8, 4) is 5.75 Å². The van der Waals surface area contributed by atoms with Crippen LogP contribution in [0.1, 0.15) is 74.5 Å². The average Bonchev–Trinajstić information content (AvgIpc) is 3.18. The van der Waals surface area contributed by atoms with Gasteiger partial charge in [0.1, 0.15) is 11.6 Å². The number of hydrogen-bond donors (Lipinski definition) is 1. The highest BCUT2D eigenvalue weighted by molar-refractivity contribution is 5.94. The van der Waals surface area contributed by atoms with Gasteiger partial charge in [0.25, 0.3) is 5.91 Å². The molecule has 0 saturated heterocycles. The number of fused-ring (bicyclic) bond motifs is 1. The van der Waals surface area contributed by atoms with E-state index in [2.05, 4.69) is 35.0 Å². The molecule has 0 spiro atoms. The second-order valence-corrected chi connectivity index (χ2v) is 8.38. The van der Waals surface area contributed by atoms with E-state index in [0.717, 1.165) is 36.5 Å². The van der Waals surface area contributed by atoms with E-state index in [9.17, 15) is 4.79 Å². The van der Waals surface area contributed by atoms with Gasteiger partial charge in [-0.3, -0.25) is 4.79 Å². The predicted octanol–water partition coefficient (Wildman–Crippen LogP) is 6.16. The van der Waals surface area contributed by atoms with Crippen molar-refractivity contribution in [2.75, 3.05) is 13.7 Å². The first-order valence-corrected chi connectivity index (χ1v) is 12.1. The Morgan fingerprint density at radius 3 is 2.41 bits per heavy atom. The van der Waals surface area contributed by atoms with Crippen molar-refractivity contribution in [1.82, 2.24) is 14.9 Å². The molecule has 0 saturated carbocycles. The van der Waals surface area contributed by atoms with Crippen LogP contribution < -0.4 is 10.1 Å². The van der Waals surface area contributed by atoms with Gasteiger partial charge in [-0.2, -0.15) is 0 Å². The average molecular weight is 436 g/mol. The van der Waals surface area contributed by atoms with E-state index in [-0.39, 0.29) is 5.91 Å². The van der Waals surface area contributed by atoms with E-state index in [1.54, 1.807) is 31.4 Å². The van der Waals surface area contributed by atoms with Crippen molar-refractivity contribution in [1.29, 1.82) is 0 Å². The molecule has 0 atom stereocenters. The molecule has 5 nitrogen and oxygen atoms in total. The second-order valence-electron chi connectivity index (χ2n) is 8.38. The van der Waals surface area contributed by atoms with Gasteiger partial charge in [-0.1, -0.05) is 57.6 Å². The molecule has 0 fully saturated rings. The van der Waals surface area contributed by atoms with Gasteiger partial charge >= 0.3 is 0 Å². The number of amides is 1. The summed E-state index contributed by atoms with van der Waals surface area (Å²) < 4.78 is 7.53. The first-order chi connectivity index (χ1) is 15.7. The minimum Gasteiger partial charge on any atom is -0.497 e. The lowest BCUT2D eigenvalue weighted by Crippen LogP contribution is -2.25. The summed E-state index contributed by atoms with van der Waals surface area (Å²) in [7, 11) is 1.62. The van der Waals surface area contributed by atoms with Crippen LogP contribution in [0.25, 0.3) is 11.0 Å². The highest BCUT2D eigenvalue weighted by atomic mass is 16.5. The number of nitrogens with one attached hydrogen (secondary N) is 1. The van der Waals surface area contributed by atoms with Gasteiger partial charge in [-0.25, -0.2) is 4.98 Å². The van der Waals surface area contributed by atoms with Gasteiger partial charge in [-0.15, -0.1) is 0 Å². The number of benzene rings is 2. The molecular formula is C27H37N3O2. The Kier molecular flexibility index (Phi) is 9.60. The molecule has 1 heterocycles. The number of unbranched alkanes of at least 4 members (excludes halogenated alkanes) is 6. The largest absolute Gasteiger partial charge is 0.497 e. The molecule has 0 aliphatic carbocycles. The number of aryl methyl sites for hydroxylation is 2. The molecule has 0 bridgehead atoms. The van der Waals surface area contributed by atoms with E-state index in [1.807, 2.05) is 6.07 Å². The Morgan fingerprint density at radius 2 is 1.66 bits per heavy atom. The summed E-state index contributed by atoms with van der Waals surface area (Å²) in [5.41, 5.74) is 2.93. The third-order valence-corrected chi connectivity index (χ3v) is 5.93. The van der Waals surface area contributed by atoms with Gasteiger partial charge in [0.15, 0.2) is 0 Å². The third-order valence-electron chi connectivity index (χ3n) is 5.93. The van der Waals surface area contributed by atoms with Crippen LogP contribution in [0, 0.1) is 0 Å². The summed E-state index contributed by atoms with van der Waals surface area (Å²) in [6, 6.07) is 15.6. The predicted molar refractivity (Wildman–Crippen MR) is 131 cm³/mol. The fraction of sp³-hybridized carbons (Fsp3) is 0.481. The monoisotopic (exact) mass is 435 g/mol. The number of carbonyl (C=O) groups excluding carboxylic acids is 1. The molecule has 32 heavy (non-hydrogen) atoms. The number of para-hydroxylation sites is 2. The van der Waals surface area contributed by atoms with Crippen LogP contribution in [0.2, 0.25) is 0 Å². The zero-order valence-electron chi connectivity index (χ0n) is 19.6. The molecule has 0 unspecified atom stereocenters. The molecule has 5 heteroatoms. The van der Waals surface area contributed by atoms with Crippen LogP contribution in [0.15, 0.2) is 48.5 Å². The van der Waals surface area contributed by atoms with Crippen molar-refractivity contribution in [3.63, 3.8) is 0 Å². The number of carbonyl (C=O) groups is 1. The smallest absolute Gasteiger partial charge is 0.251 e. The van der Waals surface area contributed by atoms with E-state index in [4.69, 9.17) is 9.72 Å². The van der Waals surface area contributed by atoms with Gasteiger partial charge in [0.05, 0.1) is 18.1 Å². The quantitative estimate of drug-likeness (QED) is 0.309. The van der Waals surface area contributed by atoms with E-state index >= 15 is 0 Å². The van der Waals surface area contributed by atoms with Crippen LogP contribution in [-0.2, 0) is 13.0 Å². The van der Waals surface area contributed by atoms with Crippen LogP contribution in [0.5, 0.6) is 5.75 Å². The van der Waals surface area contributed by atoms with Crippen molar-refractivity contribution in [2.45, 2.75) is 71.3 Å². The maximum atomic E-state index is 12.4. The maximum absolute atomic E-state index is 12.4. The molecule has 0 aliphatic heterocycles. The molecule has 1 N–H and O–H groups in total. The summed E-state index contributed by atoms with van der Waals surface area (Å²) in [4.78, 5) is 17.2. The number of ether oxygens (including phenoxy) is 1. The fourth-order valence-electron chi connectivity index (χ4n) is 4.09. The lowest BCUT2D eigenvalue weighted by atomic mass is 10.1. The van der Waals surface area contributed by atoms with E-state index < -0.39 is 0 Å². The van der Waals surface area contributed by atoms with Gasteiger partial charge in [0, 0.05) is 25.1 Å². The molecule has 1 aromatic heterocycles. The summed E-state index contributed by atoms with van der Waals surface area (Å²) in [5, 5.41) is 3.02. The zero-order valence-corrected chi connectivity index (χ0v) is 19.6. The summed E-state index contributed by atoms with van der Waals surface area (Å²) in [5.74, 6) is 1.82. The molecule has 0 aliphatic rings. The van der Waals surface area contributed by atoms with E-state index in [1.165, 1.54) is 50.5 Å². The van der Waals surface area contributed by atoms with Crippen LogP contribution in [0.3, 0.4) is 0 Å². The number of rotatable bonds is 14. The molecular weight excluding hydrogens is 398 g/mol. The minimum absolute atomic E-state index is 0.0516. The topological polar surface area (TPSA) is 56.2 Å². The van der Waals surface area contributed by atoms with Crippen molar-refractivity contribution in [3.05, 3.63) is 59.9 Å². The standard InChI is InChI=1S/C27H37N3O2/c1-3-4-5-6-7-8-11-21-30-25-14-10-9-13-24(25)29-26(30)15-12-20-28-27(31)22-16-18-23(32-2)19-17-22/h9-10,13-14,16-19H,3-8,11-12,15,20-21H2,1-2H3,(H,28,31). The highest BCUT2D eigenvalue weighted by Crippen LogP contribution is 2.19. The molecule has 0 radical (unpaired) electrons. The van der Waals surface area contributed by atoms with Crippen molar-refractivity contribution in [2.24, 2.45) is 0 Å². The summed E-state index contributed by atoms with van der Waals surface area (Å²) in [6.45, 7) is 3.91. The molecule has 3 aromatic rings. The van der Waals surface area contributed by atoms with Crippen molar-refractivity contribution < 1.29 is 9.53 Å². The Balaban J connectivity index is 1.50. The van der Waals surface area contributed by atoms with Gasteiger partial charge in [0.2, 0.25) is 0 Å². The third kappa shape index (κ3) is 6.84. The fourth-order valence-corrected chi connectivity index (χ4v) is 4.09. The Hall–Kier alpha value is -2.82. The van der Waals surface area contributed by atoms with Crippen molar-refractivity contribution >= 4 is 16.9 Å². The molecule has 2 aromatic carbocycles. The SMILES string of the molecule is CCCCCCCCCn1c(CCCNC(=O)c2ccc(OC)cc2)nc2ccccc21. The second kappa shape index (κ2) is 12.9. The Bertz CT molecular complexity index is 963. The minimum atomic E-state index is -0.0516. The normalized spacial score (nSPS) is 11.1. The number of hydrogen-bond acceptors (Lipinski definition) is 3. The zero-order chi connectivity index (χ0) is 22.6. The lowest BCUT2D eigenvalue weighted by molar-refractivity contribution is 0.0953. The highest BCUT2D eigenvalue weighted by Gasteiger charge is 2.11. The molecule has 1 amide bonds. The molecule has 172 valence electrons. The first kappa shape index (κ1) is 23.8. The van der Waals surface area contributed by atoms with Crippen LogP contribution in [0.4, 0.5) is 0 Å². The number of aromatic nitrogens is 2. The van der Waals surface area contributed by atoms with Gasteiger partial charge < -0.3 is 14.6 Å². The van der Waals surface area contributed by atoms with E-state index in [0.29, 0.717) is 12.1 Å². The van der Waals surface area contributed by atoms with Crippen LogP contribution >= 0.6 is 0 Å². The first-order valence-electron chi connectivity index (χ1n) is 12.1. The maximum Gasteiger partial charge on any atom is 0.251 e. The number of nitrogens with zero attached hydrogens (tertiary/aromatic N) is 2. The number of imidazole rings is 1. The number of methoxy groups -OCH3 is 1. The van der Waals surface area contributed by atoms with Crippen LogP contribution in [-0.4, -0.2) is 29.1 Å². The lowest BCUT2D eigenvalue weighted by Gasteiger charge is -2.10. The molecule has 3 rings (SSSR count).